The molecule has 6 rings (SSSR count). The van der Waals surface area contributed by atoms with Crippen molar-refractivity contribution in [3.63, 3.8) is 0 Å². The van der Waals surface area contributed by atoms with E-state index < -0.39 is 12.2 Å². The first kappa shape index (κ1) is 21.5. The van der Waals surface area contributed by atoms with Crippen LogP contribution in [0.1, 0.15) is 0 Å². The van der Waals surface area contributed by atoms with Gasteiger partial charge in [-0.2, -0.15) is 0 Å². The molecule has 2 fully saturated rings. The zero-order chi connectivity index (χ0) is 23.6. The lowest BCUT2D eigenvalue weighted by Crippen LogP contribution is -2.38. The molecule has 2 N–H and O–H groups in total. The summed E-state index contributed by atoms with van der Waals surface area (Å²) in [4.78, 5) is 21.6. The van der Waals surface area contributed by atoms with E-state index in [0.717, 1.165) is 22.0 Å². The number of hydrogen-bond acceptors (Lipinski definition) is 7. The zero-order valence-electron chi connectivity index (χ0n) is 18.8. The van der Waals surface area contributed by atoms with Crippen LogP contribution in [-0.2, 0) is 14.2 Å². The van der Waals surface area contributed by atoms with Gasteiger partial charge in [-0.25, -0.2) is 14.8 Å². The molecule has 2 aliphatic rings. The third kappa shape index (κ3) is 4.41. The van der Waals surface area contributed by atoms with Crippen molar-refractivity contribution in [3.8, 4) is 11.3 Å². The Morgan fingerprint density at radius 2 is 1.69 bits per heavy atom. The van der Waals surface area contributed by atoms with Crippen LogP contribution >= 0.6 is 0 Å². The first-order valence-electron chi connectivity index (χ1n) is 11.6. The van der Waals surface area contributed by atoms with Gasteiger partial charge in [0.1, 0.15) is 12.2 Å². The average molecular weight is 469 g/mol. The van der Waals surface area contributed by atoms with Gasteiger partial charge in [-0.05, 0) is 17.5 Å². The fraction of sp³-hybridized carbons (Fsp3) is 0.222. The van der Waals surface area contributed by atoms with E-state index in [2.05, 4.69) is 20.6 Å². The van der Waals surface area contributed by atoms with Crippen LogP contribution in [0.4, 0.5) is 16.4 Å². The number of carbonyl (C=O) groups is 1. The second kappa shape index (κ2) is 9.32. The summed E-state index contributed by atoms with van der Waals surface area (Å²) < 4.78 is 17.6. The van der Waals surface area contributed by atoms with E-state index in [1.165, 1.54) is 0 Å². The Morgan fingerprint density at radius 1 is 0.886 bits per heavy atom. The summed E-state index contributed by atoms with van der Waals surface area (Å²) in [6.07, 6.45) is 0.0644. The number of fused-ring (bicyclic) bond motifs is 2. The molecular weight excluding hydrogens is 444 g/mol. The number of carbonyl (C=O) groups excluding carboxylic acids is 1. The van der Waals surface area contributed by atoms with Gasteiger partial charge in [0.15, 0.2) is 6.10 Å². The molecule has 8 heteroatoms. The van der Waals surface area contributed by atoms with Crippen LogP contribution in [0.3, 0.4) is 0 Å². The van der Waals surface area contributed by atoms with E-state index in [4.69, 9.17) is 14.2 Å². The van der Waals surface area contributed by atoms with Crippen LogP contribution in [0, 0.1) is 0 Å². The van der Waals surface area contributed by atoms with Crippen molar-refractivity contribution in [2.45, 2.75) is 24.4 Å². The van der Waals surface area contributed by atoms with Gasteiger partial charge in [-0.1, -0.05) is 66.7 Å². The highest BCUT2D eigenvalue weighted by Crippen LogP contribution is 2.31. The maximum atomic E-state index is 12.7. The molecule has 4 aromatic rings. The Balaban J connectivity index is 1.09. The number of nitrogens with one attached hydrogen (secondary N) is 2. The molecule has 0 spiro atoms. The van der Waals surface area contributed by atoms with Crippen molar-refractivity contribution in [2.24, 2.45) is 0 Å². The number of hydrogen-bond donors (Lipinski definition) is 2. The van der Waals surface area contributed by atoms with Crippen LogP contribution in [0.5, 0.6) is 0 Å². The van der Waals surface area contributed by atoms with E-state index in [1.807, 2.05) is 78.9 Å². The summed E-state index contributed by atoms with van der Waals surface area (Å²) in [6.45, 7) is 0.667. The molecule has 4 unspecified atom stereocenters. The van der Waals surface area contributed by atoms with Crippen molar-refractivity contribution in [1.82, 2.24) is 9.97 Å². The van der Waals surface area contributed by atoms with Crippen LogP contribution in [0.2, 0.25) is 0 Å². The standard InChI is InChI=1S/C27H24N4O4/c32-27(31-21-12-6-10-17-7-4-5-11-19(17)21)35-23-16-34-24-22(15-33-25(23)24)30-26-28-14-13-20(29-26)18-8-2-1-3-9-18/h1-14,22-25H,15-16H2,(H,31,32)(H,28,29,30). The molecule has 0 bridgehead atoms. The van der Waals surface area contributed by atoms with Gasteiger partial charge in [0.2, 0.25) is 5.95 Å². The molecule has 1 amide bonds. The lowest BCUT2D eigenvalue weighted by molar-refractivity contribution is 0.00917. The minimum absolute atomic E-state index is 0.152. The minimum Gasteiger partial charge on any atom is -0.441 e. The van der Waals surface area contributed by atoms with E-state index in [9.17, 15) is 4.79 Å². The first-order valence-corrected chi connectivity index (χ1v) is 11.6. The number of nitrogens with zero attached hydrogens (tertiary/aromatic N) is 2. The monoisotopic (exact) mass is 468 g/mol. The van der Waals surface area contributed by atoms with Crippen LogP contribution in [0.15, 0.2) is 85.1 Å². The lowest BCUT2D eigenvalue weighted by Gasteiger charge is -2.18. The smallest absolute Gasteiger partial charge is 0.412 e. The second-order valence-corrected chi connectivity index (χ2v) is 8.57. The first-order chi connectivity index (χ1) is 17.2. The van der Waals surface area contributed by atoms with Crippen molar-refractivity contribution in [1.29, 1.82) is 0 Å². The molecule has 0 saturated carbocycles. The number of rotatable bonds is 5. The largest absolute Gasteiger partial charge is 0.441 e. The van der Waals surface area contributed by atoms with Gasteiger partial charge in [0, 0.05) is 17.1 Å². The summed E-state index contributed by atoms with van der Waals surface area (Å²) in [5.74, 6) is 0.502. The van der Waals surface area contributed by atoms with Crippen molar-refractivity contribution < 1.29 is 19.0 Å². The Morgan fingerprint density at radius 3 is 2.60 bits per heavy atom. The van der Waals surface area contributed by atoms with Crippen molar-refractivity contribution >= 4 is 28.5 Å². The molecule has 0 aliphatic carbocycles. The maximum absolute atomic E-state index is 12.7. The van der Waals surface area contributed by atoms with E-state index in [1.54, 1.807) is 6.20 Å². The van der Waals surface area contributed by atoms with Crippen molar-refractivity contribution in [3.05, 3.63) is 85.1 Å². The normalized spacial score (nSPS) is 23.1. The van der Waals surface area contributed by atoms with Gasteiger partial charge >= 0.3 is 6.09 Å². The third-order valence-corrected chi connectivity index (χ3v) is 6.33. The van der Waals surface area contributed by atoms with Crippen LogP contribution < -0.4 is 10.6 Å². The fourth-order valence-corrected chi connectivity index (χ4v) is 4.66. The summed E-state index contributed by atoms with van der Waals surface area (Å²) in [5, 5.41) is 8.18. The third-order valence-electron chi connectivity index (χ3n) is 6.33. The SMILES string of the molecule is O=C(Nc1cccc2ccccc12)OC1COC2C(Nc3nccc(-c4ccccc4)n3)COC12. The highest BCUT2D eigenvalue weighted by atomic mass is 16.6. The Labute approximate surface area is 202 Å². The molecule has 8 nitrogen and oxygen atoms in total. The Kier molecular flexibility index (Phi) is 5.73. The molecular formula is C27H24N4O4. The molecule has 3 aromatic carbocycles. The summed E-state index contributed by atoms with van der Waals surface area (Å²) in [6, 6.07) is 25.3. The van der Waals surface area contributed by atoms with E-state index in [-0.39, 0.29) is 24.9 Å². The highest BCUT2D eigenvalue weighted by Gasteiger charge is 2.49. The number of anilines is 2. The summed E-state index contributed by atoms with van der Waals surface area (Å²) >= 11 is 0. The van der Waals surface area contributed by atoms with Gasteiger partial charge in [0.05, 0.1) is 30.6 Å². The predicted octanol–water partition coefficient (Wildman–Crippen LogP) is 4.49. The van der Waals surface area contributed by atoms with E-state index >= 15 is 0 Å². The zero-order valence-corrected chi connectivity index (χ0v) is 18.8. The highest BCUT2D eigenvalue weighted by molar-refractivity contribution is 6.00. The van der Waals surface area contributed by atoms with Gasteiger partial charge in [-0.3, -0.25) is 5.32 Å². The molecule has 2 aliphatic heterocycles. The number of amides is 1. The van der Waals surface area contributed by atoms with E-state index in [0.29, 0.717) is 18.2 Å². The maximum Gasteiger partial charge on any atom is 0.412 e. The van der Waals surface area contributed by atoms with Gasteiger partial charge < -0.3 is 19.5 Å². The van der Waals surface area contributed by atoms with Gasteiger partial charge in [0.25, 0.3) is 0 Å². The molecule has 2 saturated heterocycles. The Hall–Kier alpha value is -4.01. The Bertz CT molecular complexity index is 1340. The summed E-state index contributed by atoms with van der Waals surface area (Å²) in [7, 11) is 0. The number of benzene rings is 3. The molecule has 4 atom stereocenters. The fourth-order valence-electron chi connectivity index (χ4n) is 4.66. The molecule has 3 heterocycles. The topological polar surface area (TPSA) is 94.6 Å². The average Bonchev–Trinajstić information content (AvgIpc) is 3.48. The quantitative estimate of drug-likeness (QED) is 0.446. The molecule has 1 aromatic heterocycles. The molecule has 35 heavy (non-hydrogen) atoms. The minimum atomic E-state index is -0.533. The molecule has 0 radical (unpaired) electrons. The van der Waals surface area contributed by atoms with Crippen molar-refractivity contribution in [2.75, 3.05) is 23.8 Å². The predicted molar refractivity (Wildman–Crippen MR) is 132 cm³/mol. The number of aromatic nitrogens is 2. The van der Waals surface area contributed by atoms with Gasteiger partial charge in [-0.15, -0.1) is 0 Å². The molecule has 176 valence electrons. The van der Waals surface area contributed by atoms with Crippen LogP contribution in [0.25, 0.3) is 22.0 Å². The second-order valence-electron chi connectivity index (χ2n) is 8.57. The summed E-state index contributed by atoms with van der Waals surface area (Å²) in [5.41, 5.74) is 2.55. The lowest BCUT2D eigenvalue weighted by atomic mass is 10.1. The van der Waals surface area contributed by atoms with Crippen LogP contribution in [-0.4, -0.2) is 53.6 Å². The number of ether oxygens (including phenoxy) is 3.